The van der Waals surface area contributed by atoms with E-state index in [1.165, 1.54) is 0 Å². The molecule has 0 bridgehead atoms. The first-order chi connectivity index (χ1) is 6.19. The third-order valence-electron chi connectivity index (χ3n) is 2.63. The van der Waals surface area contributed by atoms with E-state index in [1.54, 1.807) is 12.4 Å². The van der Waals surface area contributed by atoms with Crippen LogP contribution in [0.4, 0.5) is 0 Å². The normalized spacial score (nSPS) is 18.7. The van der Waals surface area contributed by atoms with Crippen molar-refractivity contribution in [3.8, 4) is 0 Å². The van der Waals surface area contributed by atoms with Crippen LogP contribution in [0, 0.1) is 0 Å². The quantitative estimate of drug-likeness (QED) is 0.825. The molecule has 0 amide bonds. The summed E-state index contributed by atoms with van der Waals surface area (Å²) in [5, 5.41) is 1.27. The summed E-state index contributed by atoms with van der Waals surface area (Å²) in [7, 11) is 0. The highest BCUT2D eigenvalue weighted by Crippen LogP contribution is 2.51. The van der Waals surface area contributed by atoms with Gasteiger partial charge in [-0.2, -0.15) is 0 Å². The maximum Gasteiger partial charge on any atom is 0.0642 e. The molecule has 1 aromatic heterocycles. The Hall–Kier alpha value is -0.310. The molecule has 13 heavy (non-hydrogen) atoms. The Morgan fingerprint density at radius 3 is 2.23 bits per heavy atom. The van der Waals surface area contributed by atoms with Crippen molar-refractivity contribution < 1.29 is 0 Å². The molecule has 0 saturated heterocycles. The van der Waals surface area contributed by atoms with E-state index in [9.17, 15) is 0 Å². The largest absolute Gasteiger partial charge is 0.330 e. The van der Waals surface area contributed by atoms with Gasteiger partial charge in [-0.25, -0.2) is 0 Å². The summed E-state index contributed by atoms with van der Waals surface area (Å²) < 4.78 is 0. The van der Waals surface area contributed by atoms with Gasteiger partial charge >= 0.3 is 0 Å². The number of nitrogens with zero attached hydrogens (tertiary/aromatic N) is 1. The number of pyridine rings is 1. The lowest BCUT2D eigenvalue weighted by Crippen LogP contribution is -2.20. The molecule has 0 spiro atoms. The number of aromatic nitrogens is 1. The molecule has 0 aromatic carbocycles. The Balaban J connectivity index is 2.50. The summed E-state index contributed by atoms with van der Waals surface area (Å²) in [4.78, 5) is 3.92. The summed E-state index contributed by atoms with van der Waals surface area (Å²) in [6.07, 6.45) is 5.40. The van der Waals surface area contributed by atoms with Gasteiger partial charge in [0.2, 0.25) is 0 Å². The Morgan fingerprint density at radius 1 is 1.31 bits per heavy atom. The van der Waals surface area contributed by atoms with Gasteiger partial charge in [-0.1, -0.05) is 23.2 Å². The molecule has 0 radical (unpaired) electrons. The van der Waals surface area contributed by atoms with E-state index in [4.69, 9.17) is 28.9 Å². The average molecular weight is 217 g/mol. The Bertz CT molecular complexity index is 314. The maximum absolute atomic E-state index is 6.03. The number of hydrogen-bond donors (Lipinski definition) is 1. The molecule has 1 saturated carbocycles. The maximum atomic E-state index is 6.03. The number of halogens is 2. The molecule has 0 aliphatic heterocycles. The fourth-order valence-electron chi connectivity index (χ4n) is 1.63. The van der Waals surface area contributed by atoms with Crippen molar-refractivity contribution in [3.05, 3.63) is 28.0 Å². The molecule has 1 fully saturated rings. The second kappa shape index (κ2) is 3.12. The van der Waals surface area contributed by atoms with Crippen LogP contribution in [0.3, 0.4) is 0 Å². The molecule has 0 unspecified atom stereocenters. The van der Waals surface area contributed by atoms with Crippen molar-refractivity contribution in [3.63, 3.8) is 0 Å². The molecule has 1 aliphatic carbocycles. The second-order valence-corrected chi connectivity index (χ2v) is 4.28. The smallest absolute Gasteiger partial charge is 0.0642 e. The molecule has 2 nitrogen and oxygen atoms in total. The van der Waals surface area contributed by atoms with Gasteiger partial charge in [0.1, 0.15) is 0 Å². The number of hydrogen-bond acceptors (Lipinski definition) is 2. The zero-order valence-electron chi connectivity index (χ0n) is 7.06. The SMILES string of the molecule is NCC1(c2c(Cl)cncc2Cl)CC1. The highest BCUT2D eigenvalue weighted by atomic mass is 35.5. The number of nitrogens with two attached hydrogens (primary N) is 1. The van der Waals surface area contributed by atoms with Gasteiger partial charge in [-0.05, 0) is 18.4 Å². The van der Waals surface area contributed by atoms with Gasteiger partial charge in [0, 0.05) is 24.4 Å². The van der Waals surface area contributed by atoms with Gasteiger partial charge in [-0.3, -0.25) is 4.98 Å². The van der Waals surface area contributed by atoms with Crippen molar-refractivity contribution in [1.29, 1.82) is 0 Å². The van der Waals surface area contributed by atoms with Crippen LogP contribution in [-0.4, -0.2) is 11.5 Å². The lowest BCUT2D eigenvalue weighted by molar-refractivity contribution is 0.704. The Morgan fingerprint density at radius 2 is 1.85 bits per heavy atom. The zero-order valence-corrected chi connectivity index (χ0v) is 8.57. The summed E-state index contributed by atoms with van der Waals surface area (Å²) >= 11 is 12.1. The first kappa shape index (κ1) is 9.25. The highest BCUT2D eigenvalue weighted by Gasteiger charge is 2.45. The van der Waals surface area contributed by atoms with E-state index in [0.29, 0.717) is 16.6 Å². The predicted molar refractivity (Wildman–Crippen MR) is 54.2 cm³/mol. The topological polar surface area (TPSA) is 38.9 Å². The van der Waals surface area contributed by atoms with E-state index in [0.717, 1.165) is 18.4 Å². The molecule has 70 valence electrons. The molecule has 0 atom stereocenters. The van der Waals surface area contributed by atoms with Crippen molar-refractivity contribution in [1.82, 2.24) is 4.98 Å². The molecular formula is C9H10Cl2N2. The molecular weight excluding hydrogens is 207 g/mol. The van der Waals surface area contributed by atoms with Gasteiger partial charge < -0.3 is 5.73 Å². The number of rotatable bonds is 2. The van der Waals surface area contributed by atoms with Crippen LogP contribution in [0.2, 0.25) is 10.0 Å². The fourth-order valence-corrected chi connectivity index (χ4v) is 2.39. The van der Waals surface area contributed by atoms with Crippen LogP contribution >= 0.6 is 23.2 Å². The van der Waals surface area contributed by atoms with Gasteiger partial charge in [0.25, 0.3) is 0 Å². The van der Waals surface area contributed by atoms with Crippen LogP contribution in [0.15, 0.2) is 12.4 Å². The second-order valence-electron chi connectivity index (χ2n) is 3.46. The molecule has 2 N–H and O–H groups in total. The van der Waals surface area contributed by atoms with Crippen molar-refractivity contribution in [2.24, 2.45) is 5.73 Å². The monoisotopic (exact) mass is 216 g/mol. The van der Waals surface area contributed by atoms with Gasteiger partial charge in [-0.15, -0.1) is 0 Å². The van der Waals surface area contributed by atoms with Crippen LogP contribution < -0.4 is 5.73 Å². The fraction of sp³-hybridized carbons (Fsp3) is 0.444. The van der Waals surface area contributed by atoms with E-state index < -0.39 is 0 Å². The third-order valence-corrected chi connectivity index (χ3v) is 3.20. The van der Waals surface area contributed by atoms with Crippen LogP contribution in [0.1, 0.15) is 18.4 Å². The first-order valence-corrected chi connectivity index (χ1v) is 4.95. The molecule has 1 heterocycles. The van der Waals surface area contributed by atoms with Crippen molar-refractivity contribution in [2.75, 3.05) is 6.54 Å². The van der Waals surface area contributed by atoms with Crippen LogP contribution in [0.5, 0.6) is 0 Å². The van der Waals surface area contributed by atoms with Crippen molar-refractivity contribution >= 4 is 23.2 Å². The third kappa shape index (κ3) is 1.43. The summed E-state index contributed by atoms with van der Waals surface area (Å²) in [6, 6.07) is 0. The highest BCUT2D eigenvalue weighted by molar-refractivity contribution is 6.36. The predicted octanol–water partition coefficient (Wildman–Crippen LogP) is 2.38. The van der Waals surface area contributed by atoms with Crippen molar-refractivity contribution in [2.45, 2.75) is 18.3 Å². The lowest BCUT2D eigenvalue weighted by Gasteiger charge is -2.15. The van der Waals surface area contributed by atoms with E-state index in [2.05, 4.69) is 4.98 Å². The summed E-state index contributed by atoms with van der Waals surface area (Å²) in [5.74, 6) is 0. The lowest BCUT2D eigenvalue weighted by atomic mass is 9.97. The Labute approximate surface area is 87.1 Å². The zero-order chi connectivity index (χ0) is 9.47. The summed E-state index contributed by atoms with van der Waals surface area (Å²) in [6.45, 7) is 0.608. The van der Waals surface area contributed by atoms with E-state index in [1.807, 2.05) is 0 Å². The minimum atomic E-state index is 0.0388. The summed E-state index contributed by atoms with van der Waals surface area (Å²) in [5.41, 5.74) is 6.72. The molecule has 1 aliphatic rings. The van der Waals surface area contributed by atoms with E-state index >= 15 is 0 Å². The van der Waals surface area contributed by atoms with Crippen LogP contribution in [-0.2, 0) is 5.41 Å². The minimum Gasteiger partial charge on any atom is -0.330 e. The van der Waals surface area contributed by atoms with Crippen LogP contribution in [0.25, 0.3) is 0 Å². The Kier molecular flexibility index (Phi) is 2.22. The minimum absolute atomic E-state index is 0.0388. The molecule has 1 aromatic rings. The molecule has 2 rings (SSSR count). The molecule has 4 heteroatoms. The first-order valence-electron chi connectivity index (χ1n) is 4.19. The average Bonchev–Trinajstić information content (AvgIpc) is 2.85. The van der Waals surface area contributed by atoms with Gasteiger partial charge in [0.05, 0.1) is 10.0 Å². The standard InChI is InChI=1S/C9H10Cl2N2/c10-6-3-13-4-7(11)8(6)9(5-12)1-2-9/h3-4H,1-2,5,12H2. The van der Waals surface area contributed by atoms with Gasteiger partial charge in [0.15, 0.2) is 0 Å². The van der Waals surface area contributed by atoms with E-state index in [-0.39, 0.29) is 5.41 Å².